The van der Waals surface area contributed by atoms with E-state index >= 15 is 0 Å². The molecule has 3 rings (SSSR count). The van der Waals surface area contributed by atoms with Crippen LogP contribution in [0.2, 0.25) is 10.0 Å². The van der Waals surface area contributed by atoms with Crippen LogP contribution in [-0.2, 0) is 0 Å². The molecule has 0 aliphatic heterocycles. The molecular formula is C13H7Cl2IN2S. The monoisotopic (exact) mass is 420 g/mol. The zero-order valence-corrected chi connectivity index (χ0v) is 13.9. The van der Waals surface area contributed by atoms with Crippen molar-refractivity contribution in [3.8, 4) is 5.69 Å². The first-order valence-electron chi connectivity index (χ1n) is 5.42. The molecule has 1 heterocycles. The van der Waals surface area contributed by atoms with E-state index in [9.17, 15) is 0 Å². The van der Waals surface area contributed by atoms with Crippen molar-refractivity contribution in [1.82, 2.24) is 9.55 Å². The Kier molecular flexibility index (Phi) is 3.59. The quantitative estimate of drug-likeness (QED) is 0.401. The lowest BCUT2D eigenvalue weighted by Gasteiger charge is -2.07. The molecule has 0 saturated carbocycles. The molecule has 2 aromatic carbocycles. The average molecular weight is 421 g/mol. The third-order valence-corrected chi connectivity index (χ3v) is 4.29. The molecule has 0 saturated heterocycles. The van der Waals surface area contributed by atoms with Crippen LogP contribution in [0.4, 0.5) is 0 Å². The van der Waals surface area contributed by atoms with Crippen LogP contribution in [0.15, 0.2) is 36.4 Å². The molecule has 0 fully saturated rings. The largest absolute Gasteiger partial charge is 0.330 e. The number of imidazole rings is 1. The highest BCUT2D eigenvalue weighted by Crippen LogP contribution is 2.28. The summed E-state index contributed by atoms with van der Waals surface area (Å²) in [7, 11) is 0. The second-order valence-electron chi connectivity index (χ2n) is 4.02. The van der Waals surface area contributed by atoms with Crippen LogP contribution in [-0.4, -0.2) is 9.55 Å². The Morgan fingerprint density at radius 2 is 1.89 bits per heavy atom. The van der Waals surface area contributed by atoms with E-state index in [1.165, 1.54) is 0 Å². The first-order valence-corrected chi connectivity index (χ1v) is 7.66. The minimum absolute atomic E-state index is 0.598. The number of nitrogens with zero attached hydrogens (tertiary/aromatic N) is 1. The van der Waals surface area contributed by atoms with Gasteiger partial charge in [-0.15, -0.1) is 0 Å². The fourth-order valence-corrected chi connectivity index (χ4v) is 3.40. The Balaban J connectivity index is 2.36. The lowest BCUT2D eigenvalue weighted by Crippen LogP contribution is -1.95. The molecule has 0 aliphatic carbocycles. The number of halogens is 3. The van der Waals surface area contributed by atoms with Crippen molar-refractivity contribution in [2.75, 3.05) is 0 Å². The van der Waals surface area contributed by atoms with E-state index in [1.54, 1.807) is 0 Å². The summed E-state index contributed by atoms with van der Waals surface area (Å²) in [6, 6.07) is 11.5. The van der Waals surface area contributed by atoms with Crippen molar-refractivity contribution in [3.05, 3.63) is 54.8 Å². The van der Waals surface area contributed by atoms with Gasteiger partial charge >= 0.3 is 0 Å². The van der Waals surface area contributed by atoms with E-state index in [2.05, 4.69) is 27.6 Å². The van der Waals surface area contributed by atoms with Gasteiger partial charge < -0.3 is 4.98 Å². The normalized spacial score (nSPS) is 11.1. The molecular weight excluding hydrogens is 414 g/mol. The number of aromatic nitrogens is 2. The van der Waals surface area contributed by atoms with Crippen molar-refractivity contribution < 1.29 is 0 Å². The molecule has 6 heteroatoms. The SMILES string of the molecule is S=c1[nH]c2cc(Cl)ccc2n1-c1ccc(I)cc1Cl. The minimum Gasteiger partial charge on any atom is -0.330 e. The summed E-state index contributed by atoms with van der Waals surface area (Å²) in [5, 5.41) is 1.34. The maximum absolute atomic E-state index is 6.31. The van der Waals surface area contributed by atoms with Crippen LogP contribution in [0, 0.1) is 8.34 Å². The average Bonchev–Trinajstić information content (AvgIpc) is 2.65. The van der Waals surface area contributed by atoms with Crippen molar-refractivity contribution in [1.29, 1.82) is 0 Å². The zero-order valence-electron chi connectivity index (χ0n) is 9.45. The predicted molar refractivity (Wildman–Crippen MR) is 91.2 cm³/mol. The van der Waals surface area contributed by atoms with Crippen LogP contribution < -0.4 is 0 Å². The van der Waals surface area contributed by atoms with Gasteiger partial charge in [0.05, 0.1) is 21.7 Å². The number of aromatic amines is 1. The Morgan fingerprint density at radius 3 is 2.63 bits per heavy atom. The first kappa shape index (κ1) is 13.4. The highest BCUT2D eigenvalue weighted by Gasteiger charge is 2.10. The molecule has 1 N–H and O–H groups in total. The van der Waals surface area contributed by atoms with Crippen molar-refractivity contribution in [2.24, 2.45) is 0 Å². The number of nitrogens with one attached hydrogen (secondary N) is 1. The minimum atomic E-state index is 0.598. The van der Waals surface area contributed by atoms with E-state index in [4.69, 9.17) is 35.4 Å². The molecule has 0 aliphatic rings. The van der Waals surface area contributed by atoms with E-state index in [0.717, 1.165) is 20.3 Å². The van der Waals surface area contributed by atoms with Crippen LogP contribution in [0.1, 0.15) is 0 Å². The maximum Gasteiger partial charge on any atom is 0.182 e. The summed E-state index contributed by atoms with van der Waals surface area (Å²) >= 11 is 19.9. The summed E-state index contributed by atoms with van der Waals surface area (Å²) in [5.41, 5.74) is 2.71. The Hall–Kier alpha value is -0.560. The predicted octanol–water partition coefficient (Wildman–Crippen LogP) is 5.60. The third-order valence-electron chi connectivity index (χ3n) is 2.79. The van der Waals surface area contributed by atoms with E-state index in [0.29, 0.717) is 14.8 Å². The summed E-state index contributed by atoms with van der Waals surface area (Å²) < 4.78 is 3.60. The molecule has 0 bridgehead atoms. The van der Waals surface area contributed by atoms with Crippen molar-refractivity contribution in [3.63, 3.8) is 0 Å². The van der Waals surface area contributed by atoms with Crippen LogP contribution in [0.5, 0.6) is 0 Å². The second-order valence-corrected chi connectivity index (χ2v) is 6.50. The number of fused-ring (bicyclic) bond motifs is 1. The highest BCUT2D eigenvalue weighted by atomic mass is 127. The van der Waals surface area contributed by atoms with Gasteiger partial charge in [0.1, 0.15) is 0 Å². The van der Waals surface area contributed by atoms with Gasteiger partial charge in [0.25, 0.3) is 0 Å². The Bertz CT molecular complexity index is 838. The van der Waals surface area contributed by atoms with Crippen molar-refractivity contribution >= 4 is 69.0 Å². The fourth-order valence-electron chi connectivity index (χ4n) is 1.99. The number of H-pyrrole nitrogens is 1. The molecule has 1 aromatic heterocycles. The molecule has 0 radical (unpaired) electrons. The summed E-state index contributed by atoms with van der Waals surface area (Å²) in [6.07, 6.45) is 0. The van der Waals surface area contributed by atoms with Crippen LogP contribution in [0.3, 0.4) is 0 Å². The van der Waals surface area contributed by atoms with Gasteiger partial charge in [0.2, 0.25) is 0 Å². The Labute approximate surface area is 138 Å². The molecule has 0 unspecified atom stereocenters. The summed E-state index contributed by atoms with van der Waals surface area (Å²) in [4.78, 5) is 3.14. The molecule has 2 nitrogen and oxygen atoms in total. The molecule has 0 amide bonds. The maximum atomic E-state index is 6.31. The van der Waals surface area contributed by atoms with Gasteiger partial charge in [-0.2, -0.15) is 0 Å². The zero-order chi connectivity index (χ0) is 13.6. The van der Waals surface area contributed by atoms with Gasteiger partial charge in [-0.25, -0.2) is 0 Å². The molecule has 96 valence electrons. The van der Waals surface area contributed by atoms with Gasteiger partial charge in [-0.3, -0.25) is 4.57 Å². The van der Waals surface area contributed by atoms with Gasteiger partial charge in [-0.05, 0) is 71.2 Å². The number of rotatable bonds is 1. The van der Waals surface area contributed by atoms with E-state index in [1.807, 2.05) is 41.0 Å². The molecule has 19 heavy (non-hydrogen) atoms. The van der Waals surface area contributed by atoms with Crippen molar-refractivity contribution in [2.45, 2.75) is 0 Å². The van der Waals surface area contributed by atoms with E-state index in [-0.39, 0.29) is 0 Å². The molecule has 0 spiro atoms. The number of hydrogen-bond donors (Lipinski definition) is 1. The standard InChI is InChI=1S/C13H7Cl2IN2S/c14-7-1-3-12-10(5-7)17-13(19)18(12)11-4-2-8(16)6-9(11)15/h1-6H,(H,17,19). The topological polar surface area (TPSA) is 20.7 Å². The van der Waals surface area contributed by atoms with Gasteiger partial charge in [-0.1, -0.05) is 23.2 Å². The van der Waals surface area contributed by atoms with E-state index < -0.39 is 0 Å². The fraction of sp³-hybridized carbons (Fsp3) is 0. The third kappa shape index (κ3) is 2.42. The summed E-state index contributed by atoms with van der Waals surface area (Å²) in [6.45, 7) is 0. The number of hydrogen-bond acceptors (Lipinski definition) is 1. The van der Waals surface area contributed by atoms with Gasteiger partial charge in [0, 0.05) is 8.59 Å². The Morgan fingerprint density at radius 1 is 1.11 bits per heavy atom. The van der Waals surface area contributed by atoms with Gasteiger partial charge in [0.15, 0.2) is 4.77 Å². The lowest BCUT2D eigenvalue weighted by molar-refractivity contribution is 1.06. The molecule has 3 aromatic rings. The highest BCUT2D eigenvalue weighted by molar-refractivity contribution is 14.1. The lowest BCUT2D eigenvalue weighted by atomic mass is 10.3. The number of benzene rings is 2. The molecule has 0 atom stereocenters. The van der Waals surface area contributed by atoms with Crippen LogP contribution in [0.25, 0.3) is 16.7 Å². The first-order chi connectivity index (χ1) is 9.06. The smallest absolute Gasteiger partial charge is 0.182 e. The second kappa shape index (κ2) is 5.09. The van der Waals surface area contributed by atoms with Crippen LogP contribution >= 0.6 is 58.0 Å². The summed E-state index contributed by atoms with van der Waals surface area (Å²) in [5.74, 6) is 0.